The first-order chi connectivity index (χ1) is 9.08. The van der Waals surface area contributed by atoms with Crippen molar-refractivity contribution in [3.05, 3.63) is 23.4 Å². The van der Waals surface area contributed by atoms with Crippen LogP contribution in [-0.4, -0.2) is 30.2 Å². The molecule has 0 spiro atoms. The van der Waals surface area contributed by atoms with Gasteiger partial charge in [0.15, 0.2) is 0 Å². The van der Waals surface area contributed by atoms with Gasteiger partial charge in [-0.2, -0.15) is 0 Å². The lowest BCUT2D eigenvalue weighted by atomic mass is 10.0. The number of aromatic nitrogens is 1. The van der Waals surface area contributed by atoms with E-state index in [1.54, 1.807) is 13.3 Å². The third-order valence-corrected chi connectivity index (χ3v) is 4.03. The minimum atomic E-state index is 0.370. The predicted octanol–water partition coefficient (Wildman–Crippen LogP) is 2.25. The van der Waals surface area contributed by atoms with Crippen molar-refractivity contribution in [1.29, 1.82) is 0 Å². The Labute approximate surface area is 119 Å². The smallest absolute Gasteiger partial charge is 0.136 e. The molecule has 104 valence electrons. The molecule has 1 aromatic heterocycles. The van der Waals surface area contributed by atoms with E-state index in [9.17, 15) is 0 Å². The molecule has 19 heavy (non-hydrogen) atoms. The number of methoxy groups -OCH3 is 1. The van der Waals surface area contributed by atoms with Gasteiger partial charge in [-0.25, -0.2) is 4.98 Å². The molecule has 0 atom stereocenters. The molecule has 0 saturated heterocycles. The number of aryl methyl sites for hydroxylation is 1. The molecule has 0 amide bonds. The van der Waals surface area contributed by atoms with Gasteiger partial charge in [0, 0.05) is 26.5 Å². The van der Waals surface area contributed by atoms with E-state index in [1.807, 2.05) is 13.0 Å². The zero-order valence-electron chi connectivity index (χ0n) is 11.5. The number of hydrogen-bond donors (Lipinski definition) is 2. The van der Waals surface area contributed by atoms with Crippen LogP contribution in [0.2, 0.25) is 0 Å². The normalized spacial score (nSPS) is 16.1. The van der Waals surface area contributed by atoms with Crippen molar-refractivity contribution in [2.75, 3.05) is 25.6 Å². The first kappa shape index (κ1) is 14.2. The molecule has 1 aliphatic rings. The maximum atomic E-state index is 5.78. The molecule has 3 N–H and O–H groups in total. The fourth-order valence-electron chi connectivity index (χ4n) is 2.29. The van der Waals surface area contributed by atoms with E-state index in [4.69, 9.17) is 22.7 Å². The molecule has 0 bridgehead atoms. The summed E-state index contributed by atoms with van der Waals surface area (Å²) in [6.45, 7) is 3.71. The van der Waals surface area contributed by atoms with Crippen LogP contribution >= 0.6 is 12.2 Å². The Bertz CT molecular complexity index is 472. The fraction of sp³-hybridized carbons (Fsp3) is 0.571. The topological polar surface area (TPSA) is 60.2 Å². The summed E-state index contributed by atoms with van der Waals surface area (Å²) in [6.07, 6.45) is 5.37. The lowest BCUT2D eigenvalue weighted by Crippen LogP contribution is -2.21. The maximum Gasteiger partial charge on any atom is 0.136 e. The molecular weight excluding hydrogens is 258 g/mol. The van der Waals surface area contributed by atoms with Crippen LogP contribution in [0.15, 0.2) is 12.3 Å². The molecule has 1 fully saturated rings. The molecule has 1 aliphatic carbocycles. The van der Waals surface area contributed by atoms with Gasteiger partial charge in [-0.05, 0) is 43.2 Å². The first-order valence-corrected chi connectivity index (χ1v) is 6.97. The maximum absolute atomic E-state index is 5.78. The van der Waals surface area contributed by atoms with Crippen LogP contribution in [0, 0.1) is 12.3 Å². The Morgan fingerprint density at radius 3 is 2.89 bits per heavy atom. The summed E-state index contributed by atoms with van der Waals surface area (Å²) in [4.78, 5) is 4.76. The van der Waals surface area contributed by atoms with Gasteiger partial charge in [0.1, 0.15) is 10.8 Å². The van der Waals surface area contributed by atoms with E-state index >= 15 is 0 Å². The van der Waals surface area contributed by atoms with E-state index in [0.717, 1.165) is 36.5 Å². The van der Waals surface area contributed by atoms with Gasteiger partial charge in [0.25, 0.3) is 0 Å². The zero-order chi connectivity index (χ0) is 13.9. The number of nitrogens with two attached hydrogens (primary N) is 1. The second-order valence-electron chi connectivity index (χ2n) is 5.31. The molecule has 5 heteroatoms. The van der Waals surface area contributed by atoms with Crippen LogP contribution in [0.25, 0.3) is 0 Å². The summed E-state index contributed by atoms with van der Waals surface area (Å²) in [5, 5.41) is 3.41. The molecule has 0 radical (unpaired) electrons. The average molecular weight is 279 g/mol. The molecule has 0 aliphatic heterocycles. The van der Waals surface area contributed by atoms with Crippen LogP contribution in [-0.2, 0) is 4.74 Å². The lowest BCUT2D eigenvalue weighted by molar-refractivity contribution is 0.175. The number of nitrogens with zero attached hydrogens (tertiary/aromatic N) is 1. The Balaban J connectivity index is 2.04. The van der Waals surface area contributed by atoms with E-state index in [0.29, 0.717) is 10.4 Å². The van der Waals surface area contributed by atoms with Gasteiger partial charge in [-0.1, -0.05) is 12.2 Å². The summed E-state index contributed by atoms with van der Waals surface area (Å²) >= 11 is 5.11. The van der Waals surface area contributed by atoms with Crippen LogP contribution in [0.1, 0.15) is 30.4 Å². The predicted molar refractivity (Wildman–Crippen MR) is 81.5 cm³/mol. The van der Waals surface area contributed by atoms with E-state index in [1.165, 1.54) is 12.8 Å². The monoisotopic (exact) mass is 279 g/mol. The third-order valence-electron chi connectivity index (χ3n) is 3.83. The van der Waals surface area contributed by atoms with Gasteiger partial charge < -0.3 is 15.8 Å². The number of thiocarbonyl (C=S) groups is 1. The number of nitrogens with one attached hydrogen (secondary N) is 1. The van der Waals surface area contributed by atoms with E-state index < -0.39 is 0 Å². The number of ether oxygens (including phenoxy) is 1. The Morgan fingerprint density at radius 1 is 1.58 bits per heavy atom. The van der Waals surface area contributed by atoms with Gasteiger partial charge in [-0.15, -0.1) is 0 Å². The molecule has 1 saturated carbocycles. The summed E-state index contributed by atoms with van der Waals surface area (Å²) in [6, 6.07) is 1.93. The Kier molecular flexibility index (Phi) is 4.37. The summed E-state index contributed by atoms with van der Waals surface area (Å²) in [5.74, 6) is 0.802. The van der Waals surface area contributed by atoms with Crippen LogP contribution in [0.4, 0.5) is 5.82 Å². The van der Waals surface area contributed by atoms with E-state index in [2.05, 4.69) is 10.3 Å². The second kappa shape index (κ2) is 5.84. The van der Waals surface area contributed by atoms with Gasteiger partial charge >= 0.3 is 0 Å². The quantitative estimate of drug-likeness (QED) is 0.750. The van der Waals surface area contributed by atoms with E-state index in [-0.39, 0.29) is 0 Å². The highest BCUT2D eigenvalue weighted by Crippen LogP contribution is 2.48. The lowest BCUT2D eigenvalue weighted by Gasteiger charge is -2.18. The SMILES string of the molecule is COCCC1(CNc2nccc(C)c2C(N)=S)CC1. The number of rotatable bonds is 7. The minimum absolute atomic E-state index is 0.370. The van der Waals surface area contributed by atoms with Gasteiger partial charge in [-0.3, -0.25) is 0 Å². The molecule has 4 nitrogen and oxygen atoms in total. The Morgan fingerprint density at radius 2 is 2.32 bits per heavy atom. The van der Waals surface area contributed by atoms with Crippen molar-refractivity contribution >= 4 is 23.0 Å². The van der Waals surface area contributed by atoms with Gasteiger partial charge in [0.2, 0.25) is 0 Å². The summed E-state index contributed by atoms with van der Waals surface area (Å²) in [5.41, 5.74) is 8.07. The van der Waals surface area contributed by atoms with Crippen molar-refractivity contribution in [2.45, 2.75) is 26.2 Å². The fourth-order valence-corrected chi connectivity index (χ4v) is 2.54. The van der Waals surface area contributed by atoms with Crippen LogP contribution < -0.4 is 11.1 Å². The molecular formula is C14H21N3OS. The molecule has 2 rings (SSSR count). The summed E-state index contributed by atoms with van der Waals surface area (Å²) < 4.78 is 5.17. The number of hydrogen-bond acceptors (Lipinski definition) is 4. The average Bonchev–Trinajstić information content (AvgIpc) is 3.14. The van der Waals surface area contributed by atoms with Crippen LogP contribution in [0.3, 0.4) is 0 Å². The zero-order valence-corrected chi connectivity index (χ0v) is 12.3. The van der Waals surface area contributed by atoms with Crippen molar-refractivity contribution in [1.82, 2.24) is 4.98 Å². The highest BCUT2D eigenvalue weighted by atomic mass is 32.1. The molecule has 0 aromatic carbocycles. The largest absolute Gasteiger partial charge is 0.389 e. The van der Waals surface area contributed by atoms with Crippen molar-refractivity contribution in [2.24, 2.45) is 11.1 Å². The number of anilines is 1. The minimum Gasteiger partial charge on any atom is -0.389 e. The number of pyridine rings is 1. The third kappa shape index (κ3) is 3.42. The van der Waals surface area contributed by atoms with Crippen molar-refractivity contribution in [3.8, 4) is 0 Å². The molecule has 0 unspecified atom stereocenters. The van der Waals surface area contributed by atoms with Crippen LogP contribution in [0.5, 0.6) is 0 Å². The highest BCUT2D eigenvalue weighted by Gasteiger charge is 2.41. The molecule has 1 heterocycles. The second-order valence-corrected chi connectivity index (χ2v) is 5.75. The summed E-state index contributed by atoms with van der Waals surface area (Å²) in [7, 11) is 1.75. The van der Waals surface area contributed by atoms with Crippen molar-refractivity contribution < 1.29 is 4.74 Å². The first-order valence-electron chi connectivity index (χ1n) is 6.56. The van der Waals surface area contributed by atoms with Gasteiger partial charge in [0.05, 0.1) is 5.56 Å². The van der Waals surface area contributed by atoms with Crippen molar-refractivity contribution in [3.63, 3.8) is 0 Å². The molecule has 1 aromatic rings. The standard InChI is InChI=1S/C14H21N3OS/c1-10-3-7-16-13(11(10)12(15)19)17-9-14(4-5-14)6-8-18-2/h3,7H,4-6,8-9H2,1-2H3,(H2,15,19)(H,16,17). The Hall–Kier alpha value is -1.20. The highest BCUT2D eigenvalue weighted by molar-refractivity contribution is 7.80.